The Morgan fingerprint density at radius 3 is 3.05 bits per heavy atom. The summed E-state index contributed by atoms with van der Waals surface area (Å²) in [5, 5.41) is 5.24. The number of fused-ring (bicyclic) bond motifs is 1. The maximum absolute atomic E-state index is 11.0. The van der Waals surface area contributed by atoms with Crippen LogP contribution in [0, 0.1) is 0 Å². The van der Waals surface area contributed by atoms with Gasteiger partial charge in [0.2, 0.25) is 0 Å². The maximum atomic E-state index is 11.0. The summed E-state index contributed by atoms with van der Waals surface area (Å²) in [6.07, 6.45) is 2.02. The second kappa shape index (κ2) is 6.21. The normalized spacial score (nSPS) is 10.9. The molecule has 0 N–H and O–H groups in total. The van der Waals surface area contributed by atoms with Crippen molar-refractivity contribution in [1.82, 2.24) is 19.7 Å². The third-order valence-electron chi connectivity index (χ3n) is 2.50. The van der Waals surface area contributed by atoms with Gasteiger partial charge in [-0.1, -0.05) is 11.6 Å². The highest BCUT2D eigenvalue weighted by molar-refractivity contribution is 7.98. The number of esters is 1. The molecular weight excluding hydrogens is 288 g/mol. The number of hydrogen-bond donors (Lipinski definition) is 0. The van der Waals surface area contributed by atoms with Gasteiger partial charge in [-0.05, 0) is 0 Å². The molecule has 2 aromatic rings. The van der Waals surface area contributed by atoms with Crippen LogP contribution in [-0.4, -0.2) is 38.6 Å². The summed E-state index contributed by atoms with van der Waals surface area (Å²) in [6.45, 7) is 0. The first-order chi connectivity index (χ1) is 9.11. The van der Waals surface area contributed by atoms with Gasteiger partial charge < -0.3 is 4.74 Å². The number of nitrogens with zero attached hydrogens (tertiary/aromatic N) is 4. The summed E-state index contributed by atoms with van der Waals surface area (Å²) in [6, 6.07) is 0. The van der Waals surface area contributed by atoms with Crippen molar-refractivity contribution in [3.8, 4) is 0 Å². The highest BCUT2D eigenvalue weighted by atomic mass is 35.5. The number of thioether (sulfide) groups is 1. The molecule has 2 aromatic heterocycles. The number of carbonyl (C=O) groups excluding carboxylic acids is 1. The smallest absolute Gasteiger partial charge is 0.306 e. The van der Waals surface area contributed by atoms with Gasteiger partial charge in [-0.2, -0.15) is 16.9 Å². The number of carbonyl (C=O) groups is 1. The third-order valence-corrected chi connectivity index (χ3v) is 3.74. The van der Waals surface area contributed by atoms with Crippen molar-refractivity contribution < 1.29 is 9.53 Å². The van der Waals surface area contributed by atoms with Crippen molar-refractivity contribution in [3.63, 3.8) is 0 Å². The molecule has 0 aliphatic rings. The predicted molar refractivity (Wildman–Crippen MR) is 74.1 cm³/mol. The molecule has 2 rings (SSSR count). The molecule has 0 spiro atoms. The highest BCUT2D eigenvalue weighted by Crippen LogP contribution is 2.21. The lowest BCUT2D eigenvalue weighted by atomic mass is 10.4. The number of methoxy groups -OCH3 is 1. The molecule has 0 aliphatic heterocycles. The number of halogens is 1. The van der Waals surface area contributed by atoms with Crippen LogP contribution in [0.1, 0.15) is 12.2 Å². The zero-order valence-corrected chi connectivity index (χ0v) is 12.2. The van der Waals surface area contributed by atoms with Gasteiger partial charge >= 0.3 is 5.97 Å². The predicted octanol–water partition coefficient (Wildman–Crippen LogP) is 1.81. The van der Waals surface area contributed by atoms with Crippen LogP contribution in [0.5, 0.6) is 0 Å². The van der Waals surface area contributed by atoms with Crippen LogP contribution in [0.25, 0.3) is 11.0 Å². The number of ether oxygens (including phenoxy) is 1. The topological polar surface area (TPSA) is 69.9 Å². The molecule has 8 heteroatoms. The van der Waals surface area contributed by atoms with Crippen LogP contribution in [0.4, 0.5) is 0 Å². The molecule has 0 saturated carbocycles. The van der Waals surface area contributed by atoms with Gasteiger partial charge in [0.15, 0.2) is 5.65 Å². The van der Waals surface area contributed by atoms with Crippen LogP contribution in [0.3, 0.4) is 0 Å². The molecule has 2 heterocycles. The number of aryl methyl sites for hydroxylation is 1. The van der Waals surface area contributed by atoms with E-state index >= 15 is 0 Å². The first-order valence-corrected chi connectivity index (χ1v) is 7.13. The molecule has 19 heavy (non-hydrogen) atoms. The molecule has 0 bridgehead atoms. The third kappa shape index (κ3) is 3.36. The van der Waals surface area contributed by atoms with Crippen molar-refractivity contribution in [2.24, 2.45) is 7.05 Å². The molecule has 0 saturated heterocycles. The Bertz CT molecular complexity index is 602. The molecular formula is C11H13ClN4O2S. The average molecular weight is 301 g/mol. The van der Waals surface area contributed by atoms with Gasteiger partial charge in [-0.25, -0.2) is 9.97 Å². The van der Waals surface area contributed by atoms with Gasteiger partial charge in [0.05, 0.1) is 30.9 Å². The van der Waals surface area contributed by atoms with Crippen molar-refractivity contribution >= 4 is 40.4 Å². The van der Waals surface area contributed by atoms with E-state index in [1.807, 2.05) is 0 Å². The molecule has 6 nitrogen and oxygen atoms in total. The Labute approximate surface area is 119 Å². The molecule has 0 radical (unpaired) electrons. The van der Waals surface area contributed by atoms with E-state index in [-0.39, 0.29) is 5.97 Å². The molecule has 0 amide bonds. The Balaban J connectivity index is 2.01. The lowest BCUT2D eigenvalue weighted by molar-refractivity contribution is -0.140. The minimum absolute atomic E-state index is 0.214. The minimum Gasteiger partial charge on any atom is -0.469 e. The van der Waals surface area contributed by atoms with Crippen LogP contribution in [0.15, 0.2) is 6.20 Å². The van der Waals surface area contributed by atoms with Crippen molar-refractivity contribution in [2.75, 3.05) is 12.9 Å². The second-order valence-corrected chi connectivity index (χ2v) is 5.28. The summed E-state index contributed by atoms with van der Waals surface area (Å²) >= 11 is 7.64. The largest absolute Gasteiger partial charge is 0.469 e. The summed E-state index contributed by atoms with van der Waals surface area (Å²) in [7, 11) is 3.19. The van der Waals surface area contributed by atoms with E-state index in [1.54, 1.807) is 29.7 Å². The summed E-state index contributed by atoms with van der Waals surface area (Å²) in [5.74, 6) is 1.68. The van der Waals surface area contributed by atoms with E-state index in [0.717, 1.165) is 5.39 Å². The molecule has 0 aromatic carbocycles. The van der Waals surface area contributed by atoms with E-state index in [1.165, 1.54) is 7.11 Å². The molecule has 0 fully saturated rings. The van der Waals surface area contributed by atoms with Gasteiger partial charge in [0.1, 0.15) is 11.0 Å². The fraction of sp³-hybridized carbons (Fsp3) is 0.455. The van der Waals surface area contributed by atoms with Crippen molar-refractivity contribution in [1.29, 1.82) is 0 Å². The Hall–Kier alpha value is -1.34. The Morgan fingerprint density at radius 2 is 2.32 bits per heavy atom. The number of hydrogen-bond acceptors (Lipinski definition) is 6. The molecule has 0 aliphatic carbocycles. The monoisotopic (exact) mass is 300 g/mol. The lowest BCUT2D eigenvalue weighted by Crippen LogP contribution is -2.02. The quantitative estimate of drug-likeness (QED) is 0.476. The van der Waals surface area contributed by atoms with E-state index in [4.69, 9.17) is 11.6 Å². The first-order valence-electron chi connectivity index (χ1n) is 5.60. The zero-order chi connectivity index (χ0) is 13.8. The van der Waals surface area contributed by atoms with Crippen LogP contribution >= 0.6 is 23.4 Å². The van der Waals surface area contributed by atoms with Crippen LogP contribution in [0.2, 0.25) is 5.15 Å². The maximum Gasteiger partial charge on any atom is 0.306 e. The number of aromatic nitrogens is 4. The minimum atomic E-state index is -0.214. The van der Waals surface area contributed by atoms with E-state index in [9.17, 15) is 4.79 Å². The fourth-order valence-electron chi connectivity index (χ4n) is 1.52. The Morgan fingerprint density at radius 1 is 1.53 bits per heavy atom. The lowest BCUT2D eigenvalue weighted by Gasteiger charge is -2.02. The van der Waals surface area contributed by atoms with Gasteiger partial charge in [0.25, 0.3) is 0 Å². The van der Waals surface area contributed by atoms with Gasteiger partial charge in [0, 0.05) is 12.8 Å². The van der Waals surface area contributed by atoms with Crippen molar-refractivity contribution in [3.05, 3.63) is 17.2 Å². The SMILES string of the molecule is COC(=O)CCSCc1nc(Cl)c2cnn(C)c2n1. The van der Waals surface area contributed by atoms with E-state index in [2.05, 4.69) is 19.8 Å². The van der Waals surface area contributed by atoms with Crippen LogP contribution < -0.4 is 0 Å². The highest BCUT2D eigenvalue weighted by Gasteiger charge is 2.10. The summed E-state index contributed by atoms with van der Waals surface area (Å²) < 4.78 is 6.23. The van der Waals surface area contributed by atoms with E-state index < -0.39 is 0 Å². The standard InChI is InChI=1S/C11H13ClN4O2S/c1-16-11-7(5-13-16)10(12)14-8(15-11)6-19-4-3-9(17)18-2/h5H,3-4,6H2,1-2H3. The average Bonchev–Trinajstić information content (AvgIpc) is 2.77. The van der Waals surface area contributed by atoms with Gasteiger partial charge in [-0.3, -0.25) is 9.48 Å². The summed E-state index contributed by atoms with van der Waals surface area (Å²) in [4.78, 5) is 19.6. The van der Waals surface area contributed by atoms with Crippen LogP contribution in [-0.2, 0) is 22.3 Å². The zero-order valence-electron chi connectivity index (χ0n) is 10.6. The number of rotatable bonds is 5. The fourth-order valence-corrected chi connectivity index (χ4v) is 2.51. The molecule has 102 valence electrons. The van der Waals surface area contributed by atoms with Gasteiger partial charge in [-0.15, -0.1) is 0 Å². The molecule has 0 atom stereocenters. The van der Waals surface area contributed by atoms with Crippen molar-refractivity contribution in [2.45, 2.75) is 12.2 Å². The van der Waals surface area contributed by atoms with E-state index in [0.29, 0.717) is 34.6 Å². The second-order valence-electron chi connectivity index (χ2n) is 3.81. The summed E-state index contributed by atoms with van der Waals surface area (Å²) in [5.41, 5.74) is 0.712. The first kappa shape index (κ1) is 14.1. The Kier molecular flexibility index (Phi) is 4.60. The molecule has 0 unspecified atom stereocenters.